The molecule has 0 radical (unpaired) electrons. The second-order valence-corrected chi connectivity index (χ2v) is 4.19. The first-order chi connectivity index (χ1) is 6.75. The molecule has 1 saturated heterocycles. The van der Waals surface area contributed by atoms with Crippen molar-refractivity contribution in [3.05, 3.63) is 0 Å². The van der Waals surface area contributed by atoms with Gasteiger partial charge in [0.15, 0.2) is 0 Å². The van der Waals surface area contributed by atoms with Crippen molar-refractivity contribution in [3.8, 4) is 0 Å². The van der Waals surface area contributed by atoms with Crippen LogP contribution in [0.15, 0.2) is 0 Å². The van der Waals surface area contributed by atoms with Gasteiger partial charge in [0.1, 0.15) is 0 Å². The Labute approximate surface area is 86.9 Å². The lowest BCUT2D eigenvalue weighted by Gasteiger charge is -2.30. The fraction of sp³-hybridized carbons (Fsp3) is 1.00. The standard InChI is InChI=1S/C11H23NO2/c1-3-6-13-7-4-11(9-12)5-8-14-10(11)2/h10H,3-9,12H2,1-2H3. The molecular weight excluding hydrogens is 178 g/mol. The number of ether oxygens (including phenoxy) is 2. The minimum absolute atomic E-state index is 0.174. The Bertz CT molecular complexity index is 163. The second kappa shape index (κ2) is 5.69. The average Bonchev–Trinajstić information content (AvgIpc) is 2.56. The molecule has 0 aromatic carbocycles. The molecule has 1 fully saturated rings. The topological polar surface area (TPSA) is 44.5 Å². The smallest absolute Gasteiger partial charge is 0.0616 e. The van der Waals surface area contributed by atoms with E-state index < -0.39 is 0 Å². The maximum atomic E-state index is 5.84. The lowest BCUT2D eigenvalue weighted by Crippen LogP contribution is -2.37. The lowest BCUT2D eigenvalue weighted by atomic mass is 9.79. The molecule has 2 atom stereocenters. The molecule has 0 bridgehead atoms. The van der Waals surface area contributed by atoms with Crippen LogP contribution in [0.2, 0.25) is 0 Å². The molecule has 0 saturated carbocycles. The van der Waals surface area contributed by atoms with Gasteiger partial charge in [-0.05, 0) is 26.2 Å². The van der Waals surface area contributed by atoms with E-state index in [1.165, 1.54) is 0 Å². The number of hydrogen-bond acceptors (Lipinski definition) is 3. The summed E-state index contributed by atoms with van der Waals surface area (Å²) in [6, 6.07) is 0. The second-order valence-electron chi connectivity index (χ2n) is 4.19. The lowest BCUT2D eigenvalue weighted by molar-refractivity contribution is 0.0374. The van der Waals surface area contributed by atoms with Crippen molar-refractivity contribution in [3.63, 3.8) is 0 Å². The van der Waals surface area contributed by atoms with Crippen LogP contribution in [0.25, 0.3) is 0 Å². The first-order valence-electron chi connectivity index (χ1n) is 5.64. The van der Waals surface area contributed by atoms with Crippen LogP contribution in [0.3, 0.4) is 0 Å². The molecule has 3 nitrogen and oxygen atoms in total. The van der Waals surface area contributed by atoms with Crippen LogP contribution >= 0.6 is 0 Å². The van der Waals surface area contributed by atoms with Crippen LogP contribution in [-0.4, -0.2) is 32.5 Å². The zero-order valence-corrected chi connectivity index (χ0v) is 9.42. The first kappa shape index (κ1) is 12.0. The van der Waals surface area contributed by atoms with Gasteiger partial charge in [-0.15, -0.1) is 0 Å². The third-order valence-electron chi connectivity index (χ3n) is 3.33. The van der Waals surface area contributed by atoms with E-state index in [4.69, 9.17) is 15.2 Å². The van der Waals surface area contributed by atoms with Gasteiger partial charge in [0.05, 0.1) is 6.10 Å². The summed E-state index contributed by atoms with van der Waals surface area (Å²) in [6.45, 7) is 7.49. The van der Waals surface area contributed by atoms with Crippen LogP contribution in [0.4, 0.5) is 0 Å². The summed E-state index contributed by atoms with van der Waals surface area (Å²) in [5.74, 6) is 0. The van der Waals surface area contributed by atoms with Crippen LogP contribution < -0.4 is 5.73 Å². The Morgan fingerprint density at radius 3 is 2.79 bits per heavy atom. The van der Waals surface area contributed by atoms with E-state index in [2.05, 4.69) is 13.8 Å². The van der Waals surface area contributed by atoms with Gasteiger partial charge in [0, 0.05) is 31.8 Å². The molecule has 2 unspecified atom stereocenters. The Balaban J connectivity index is 2.30. The fourth-order valence-corrected chi connectivity index (χ4v) is 2.04. The Morgan fingerprint density at radius 1 is 1.50 bits per heavy atom. The minimum atomic E-state index is 0.174. The quantitative estimate of drug-likeness (QED) is 0.663. The summed E-state index contributed by atoms with van der Waals surface area (Å²) >= 11 is 0. The Hall–Kier alpha value is -0.120. The van der Waals surface area contributed by atoms with Gasteiger partial charge in [-0.1, -0.05) is 6.92 Å². The molecule has 1 rings (SSSR count). The van der Waals surface area contributed by atoms with Gasteiger partial charge < -0.3 is 15.2 Å². The van der Waals surface area contributed by atoms with Gasteiger partial charge in [-0.25, -0.2) is 0 Å². The summed E-state index contributed by atoms with van der Waals surface area (Å²) in [7, 11) is 0. The number of rotatable bonds is 6. The van der Waals surface area contributed by atoms with E-state index in [1.54, 1.807) is 0 Å². The van der Waals surface area contributed by atoms with E-state index in [9.17, 15) is 0 Å². The molecule has 1 aliphatic rings. The van der Waals surface area contributed by atoms with Crippen molar-refractivity contribution in [2.45, 2.75) is 39.2 Å². The molecule has 0 spiro atoms. The molecular formula is C11H23NO2. The number of nitrogens with two attached hydrogens (primary N) is 1. The van der Waals surface area contributed by atoms with E-state index >= 15 is 0 Å². The summed E-state index contributed by atoms with van der Waals surface area (Å²) in [6.07, 6.45) is 3.49. The minimum Gasteiger partial charge on any atom is -0.381 e. The maximum absolute atomic E-state index is 5.84. The van der Waals surface area contributed by atoms with Gasteiger partial charge in [-0.2, -0.15) is 0 Å². The van der Waals surface area contributed by atoms with E-state index in [0.717, 1.165) is 39.1 Å². The van der Waals surface area contributed by atoms with E-state index in [-0.39, 0.29) is 11.5 Å². The van der Waals surface area contributed by atoms with Crippen LogP contribution in [0, 0.1) is 5.41 Å². The van der Waals surface area contributed by atoms with Crippen LogP contribution in [0.1, 0.15) is 33.1 Å². The molecule has 0 amide bonds. The molecule has 0 aromatic rings. The number of hydrogen-bond donors (Lipinski definition) is 1. The first-order valence-corrected chi connectivity index (χ1v) is 5.64. The molecule has 1 heterocycles. The zero-order valence-electron chi connectivity index (χ0n) is 9.42. The SMILES string of the molecule is CCCOCCC1(CN)CCOC1C. The van der Waals surface area contributed by atoms with Gasteiger partial charge in [0.25, 0.3) is 0 Å². The van der Waals surface area contributed by atoms with Crippen molar-refractivity contribution in [2.75, 3.05) is 26.4 Å². The van der Waals surface area contributed by atoms with Gasteiger partial charge in [0.2, 0.25) is 0 Å². The summed E-state index contributed by atoms with van der Waals surface area (Å²) in [4.78, 5) is 0. The summed E-state index contributed by atoms with van der Waals surface area (Å²) < 4.78 is 11.1. The van der Waals surface area contributed by atoms with E-state index in [1.807, 2.05) is 0 Å². The predicted molar refractivity (Wildman–Crippen MR) is 57.2 cm³/mol. The van der Waals surface area contributed by atoms with Crippen LogP contribution in [0.5, 0.6) is 0 Å². The zero-order chi connectivity index (χ0) is 10.4. The fourth-order valence-electron chi connectivity index (χ4n) is 2.04. The molecule has 84 valence electrons. The van der Waals surface area contributed by atoms with Gasteiger partial charge >= 0.3 is 0 Å². The Morgan fingerprint density at radius 2 is 2.29 bits per heavy atom. The van der Waals surface area contributed by atoms with Crippen molar-refractivity contribution >= 4 is 0 Å². The third kappa shape index (κ3) is 2.69. The largest absolute Gasteiger partial charge is 0.381 e. The van der Waals surface area contributed by atoms with Crippen molar-refractivity contribution in [1.29, 1.82) is 0 Å². The molecule has 3 heteroatoms. The highest BCUT2D eigenvalue weighted by Gasteiger charge is 2.39. The molecule has 0 aromatic heterocycles. The Kier molecular flexibility index (Phi) is 4.85. The van der Waals surface area contributed by atoms with E-state index in [0.29, 0.717) is 6.54 Å². The van der Waals surface area contributed by atoms with Crippen LogP contribution in [-0.2, 0) is 9.47 Å². The molecule has 1 aliphatic heterocycles. The normalized spacial score (nSPS) is 32.4. The molecule has 0 aliphatic carbocycles. The maximum Gasteiger partial charge on any atom is 0.0616 e. The summed E-state index contributed by atoms with van der Waals surface area (Å²) in [5, 5.41) is 0. The summed E-state index contributed by atoms with van der Waals surface area (Å²) in [5.41, 5.74) is 6.01. The molecule has 14 heavy (non-hydrogen) atoms. The highest BCUT2D eigenvalue weighted by atomic mass is 16.5. The van der Waals surface area contributed by atoms with Gasteiger partial charge in [-0.3, -0.25) is 0 Å². The predicted octanol–water partition coefficient (Wildman–Crippen LogP) is 1.56. The average molecular weight is 201 g/mol. The van der Waals surface area contributed by atoms with Crippen molar-refractivity contribution in [1.82, 2.24) is 0 Å². The molecule has 2 N–H and O–H groups in total. The van der Waals surface area contributed by atoms with Crippen molar-refractivity contribution in [2.24, 2.45) is 11.1 Å². The van der Waals surface area contributed by atoms with Crippen molar-refractivity contribution < 1.29 is 9.47 Å². The monoisotopic (exact) mass is 201 g/mol. The highest BCUT2D eigenvalue weighted by molar-refractivity contribution is 4.90. The third-order valence-corrected chi connectivity index (χ3v) is 3.33. The highest BCUT2D eigenvalue weighted by Crippen LogP contribution is 2.37.